The Kier molecular flexibility index (Phi) is 5.01. The van der Waals surface area contributed by atoms with Crippen molar-refractivity contribution in [1.82, 2.24) is 0 Å². The third-order valence-electron chi connectivity index (χ3n) is 2.94. The van der Waals surface area contributed by atoms with E-state index in [0.29, 0.717) is 12.0 Å². The molecular formula is C15H26N2. The van der Waals surface area contributed by atoms with E-state index in [0.717, 1.165) is 6.54 Å². The fraction of sp³-hybridized carbons (Fsp3) is 0.600. The molecule has 1 rings (SSSR count). The van der Waals surface area contributed by atoms with Crippen LogP contribution < -0.4 is 10.6 Å². The molecule has 2 nitrogen and oxygen atoms in total. The monoisotopic (exact) mass is 234 g/mol. The summed E-state index contributed by atoms with van der Waals surface area (Å²) in [5.41, 5.74) is 8.35. The molecule has 0 aliphatic carbocycles. The molecule has 0 fully saturated rings. The molecule has 1 aromatic carbocycles. The van der Waals surface area contributed by atoms with Gasteiger partial charge in [-0.1, -0.05) is 26.0 Å². The maximum atomic E-state index is 5.87. The number of nitrogens with zero attached hydrogens (tertiary/aromatic N) is 1. The van der Waals surface area contributed by atoms with Crippen LogP contribution in [0.5, 0.6) is 0 Å². The van der Waals surface area contributed by atoms with Crippen LogP contribution in [0.25, 0.3) is 0 Å². The molecule has 0 aliphatic heterocycles. The molecule has 0 spiro atoms. The minimum absolute atomic E-state index is 0.113. The quantitative estimate of drug-likeness (QED) is 0.844. The smallest absolute Gasteiger partial charge is 0.0368 e. The van der Waals surface area contributed by atoms with Crippen molar-refractivity contribution in [3.8, 4) is 0 Å². The van der Waals surface area contributed by atoms with E-state index in [9.17, 15) is 0 Å². The van der Waals surface area contributed by atoms with Gasteiger partial charge in [0.1, 0.15) is 0 Å². The van der Waals surface area contributed by atoms with Crippen molar-refractivity contribution in [3.05, 3.63) is 29.8 Å². The zero-order chi connectivity index (χ0) is 13.0. The van der Waals surface area contributed by atoms with Gasteiger partial charge < -0.3 is 10.6 Å². The first kappa shape index (κ1) is 14.0. The van der Waals surface area contributed by atoms with Gasteiger partial charge in [-0.3, -0.25) is 0 Å². The summed E-state index contributed by atoms with van der Waals surface area (Å²) in [4.78, 5) is 2.44. The molecule has 0 saturated carbocycles. The summed E-state index contributed by atoms with van der Waals surface area (Å²) in [5, 5.41) is 0. The number of anilines is 1. The summed E-state index contributed by atoms with van der Waals surface area (Å²) in [6.07, 6.45) is 0. The van der Waals surface area contributed by atoms with Gasteiger partial charge in [0, 0.05) is 24.3 Å². The van der Waals surface area contributed by atoms with Crippen molar-refractivity contribution in [2.45, 2.75) is 46.7 Å². The average molecular weight is 234 g/mol. The van der Waals surface area contributed by atoms with Crippen LogP contribution in [0.2, 0.25) is 0 Å². The topological polar surface area (TPSA) is 29.3 Å². The van der Waals surface area contributed by atoms with Gasteiger partial charge in [-0.2, -0.15) is 0 Å². The van der Waals surface area contributed by atoms with Gasteiger partial charge in [-0.15, -0.1) is 0 Å². The Morgan fingerprint density at radius 2 is 1.53 bits per heavy atom. The van der Waals surface area contributed by atoms with Crippen LogP contribution in [0.4, 0.5) is 5.69 Å². The molecule has 0 saturated heterocycles. The van der Waals surface area contributed by atoms with E-state index in [4.69, 9.17) is 5.73 Å². The molecule has 0 bridgehead atoms. The van der Waals surface area contributed by atoms with E-state index in [1.165, 1.54) is 11.3 Å². The molecule has 96 valence electrons. The Bertz CT molecular complexity index is 325. The van der Waals surface area contributed by atoms with Gasteiger partial charge in [-0.25, -0.2) is 0 Å². The second-order valence-corrected chi connectivity index (χ2v) is 5.52. The standard InChI is InChI=1S/C15H26N2/c1-11(2)10-17(12(3)4)15-8-6-14(7-9-15)13(5)16/h6-9,11-13H,10,16H2,1-5H3. The molecule has 1 atom stereocenters. The van der Waals surface area contributed by atoms with Crippen LogP contribution in [0, 0.1) is 5.92 Å². The average Bonchev–Trinajstić information content (AvgIpc) is 2.25. The highest BCUT2D eigenvalue weighted by Gasteiger charge is 2.12. The Balaban J connectivity index is 2.87. The molecule has 0 radical (unpaired) electrons. The van der Waals surface area contributed by atoms with Crippen LogP contribution in [0.15, 0.2) is 24.3 Å². The highest BCUT2D eigenvalue weighted by atomic mass is 15.1. The van der Waals surface area contributed by atoms with Crippen molar-refractivity contribution in [2.75, 3.05) is 11.4 Å². The molecule has 0 amide bonds. The van der Waals surface area contributed by atoms with Crippen molar-refractivity contribution >= 4 is 5.69 Å². The fourth-order valence-electron chi connectivity index (χ4n) is 1.98. The Morgan fingerprint density at radius 3 is 1.88 bits per heavy atom. The zero-order valence-corrected chi connectivity index (χ0v) is 11.8. The van der Waals surface area contributed by atoms with E-state index < -0.39 is 0 Å². The van der Waals surface area contributed by atoms with E-state index in [1.807, 2.05) is 6.92 Å². The third kappa shape index (κ3) is 4.04. The summed E-state index contributed by atoms with van der Waals surface area (Å²) >= 11 is 0. The molecule has 2 N–H and O–H groups in total. The van der Waals surface area contributed by atoms with Crippen LogP contribution in [-0.4, -0.2) is 12.6 Å². The molecule has 1 aromatic rings. The number of nitrogens with two attached hydrogens (primary N) is 1. The summed E-state index contributed by atoms with van der Waals surface area (Å²) in [5.74, 6) is 0.672. The van der Waals surface area contributed by atoms with Crippen LogP contribution in [-0.2, 0) is 0 Å². The van der Waals surface area contributed by atoms with Gasteiger partial charge in [0.25, 0.3) is 0 Å². The van der Waals surface area contributed by atoms with Crippen molar-refractivity contribution in [3.63, 3.8) is 0 Å². The predicted molar refractivity (Wildman–Crippen MR) is 76.4 cm³/mol. The minimum Gasteiger partial charge on any atom is -0.369 e. The molecule has 1 unspecified atom stereocenters. The molecular weight excluding hydrogens is 208 g/mol. The first-order chi connectivity index (χ1) is 7.91. The molecule has 0 aromatic heterocycles. The molecule has 2 heteroatoms. The van der Waals surface area contributed by atoms with Crippen molar-refractivity contribution in [1.29, 1.82) is 0 Å². The lowest BCUT2D eigenvalue weighted by Gasteiger charge is -2.31. The minimum atomic E-state index is 0.113. The predicted octanol–water partition coefficient (Wildman–Crippen LogP) is 3.58. The van der Waals surface area contributed by atoms with Gasteiger partial charge in [0.15, 0.2) is 0 Å². The molecule has 0 heterocycles. The highest BCUT2D eigenvalue weighted by molar-refractivity contribution is 5.48. The second kappa shape index (κ2) is 6.06. The highest BCUT2D eigenvalue weighted by Crippen LogP contribution is 2.21. The molecule has 0 aliphatic rings. The second-order valence-electron chi connectivity index (χ2n) is 5.52. The number of rotatable bonds is 5. The van der Waals surface area contributed by atoms with E-state index >= 15 is 0 Å². The van der Waals surface area contributed by atoms with E-state index in [1.54, 1.807) is 0 Å². The summed E-state index contributed by atoms with van der Waals surface area (Å²) in [6, 6.07) is 9.27. The van der Waals surface area contributed by atoms with Gasteiger partial charge >= 0.3 is 0 Å². The summed E-state index contributed by atoms with van der Waals surface area (Å²) < 4.78 is 0. The van der Waals surface area contributed by atoms with E-state index in [2.05, 4.69) is 56.9 Å². The van der Waals surface area contributed by atoms with Gasteiger partial charge in [0.2, 0.25) is 0 Å². The summed E-state index contributed by atoms with van der Waals surface area (Å²) in [7, 11) is 0. The first-order valence-corrected chi connectivity index (χ1v) is 6.54. The van der Waals surface area contributed by atoms with Crippen molar-refractivity contribution < 1.29 is 0 Å². The number of benzene rings is 1. The number of hydrogen-bond donors (Lipinski definition) is 1. The first-order valence-electron chi connectivity index (χ1n) is 6.54. The largest absolute Gasteiger partial charge is 0.369 e. The lowest BCUT2D eigenvalue weighted by atomic mass is 10.1. The third-order valence-corrected chi connectivity index (χ3v) is 2.94. The Hall–Kier alpha value is -1.02. The van der Waals surface area contributed by atoms with Gasteiger partial charge in [0.05, 0.1) is 0 Å². The summed E-state index contributed by atoms with van der Waals surface area (Å²) in [6.45, 7) is 12.1. The lowest BCUT2D eigenvalue weighted by molar-refractivity contribution is 0.571. The number of hydrogen-bond acceptors (Lipinski definition) is 2. The normalized spacial score (nSPS) is 13.2. The fourth-order valence-corrected chi connectivity index (χ4v) is 1.98. The van der Waals surface area contributed by atoms with Gasteiger partial charge in [-0.05, 0) is 44.4 Å². The van der Waals surface area contributed by atoms with E-state index in [-0.39, 0.29) is 6.04 Å². The van der Waals surface area contributed by atoms with Crippen LogP contribution in [0.3, 0.4) is 0 Å². The Labute approximate surface area is 106 Å². The zero-order valence-electron chi connectivity index (χ0n) is 11.8. The Morgan fingerprint density at radius 1 is 1.00 bits per heavy atom. The maximum absolute atomic E-state index is 5.87. The SMILES string of the molecule is CC(C)CN(c1ccc(C(C)N)cc1)C(C)C. The van der Waals surface area contributed by atoms with Crippen LogP contribution >= 0.6 is 0 Å². The molecule has 17 heavy (non-hydrogen) atoms. The van der Waals surface area contributed by atoms with Crippen LogP contribution in [0.1, 0.15) is 46.2 Å². The lowest BCUT2D eigenvalue weighted by Crippen LogP contribution is -2.34. The maximum Gasteiger partial charge on any atom is 0.0368 e. The van der Waals surface area contributed by atoms with Crippen molar-refractivity contribution in [2.24, 2.45) is 11.7 Å².